The monoisotopic (exact) mass is 264 g/mol. The summed E-state index contributed by atoms with van der Waals surface area (Å²) in [4.78, 5) is 14.2. The molecule has 2 aliphatic carbocycles. The molecule has 0 radical (unpaired) electrons. The van der Waals surface area contributed by atoms with Gasteiger partial charge in [-0.3, -0.25) is 4.79 Å². The summed E-state index contributed by atoms with van der Waals surface area (Å²) in [5.41, 5.74) is 0. The molecule has 2 bridgehead atoms. The molecule has 1 saturated heterocycles. The molecule has 1 amide bonds. The van der Waals surface area contributed by atoms with Gasteiger partial charge in [0.05, 0.1) is 6.54 Å². The van der Waals surface area contributed by atoms with E-state index in [0.29, 0.717) is 18.5 Å². The van der Waals surface area contributed by atoms with Crippen LogP contribution in [0.5, 0.6) is 0 Å². The van der Waals surface area contributed by atoms with Crippen molar-refractivity contribution in [2.75, 3.05) is 19.6 Å². The molecule has 3 aliphatic rings. The average Bonchev–Trinajstić information content (AvgIpc) is 3.08. The first-order valence-corrected chi connectivity index (χ1v) is 8.25. The largest absolute Gasteiger partial charge is 0.342 e. The van der Waals surface area contributed by atoms with E-state index in [1.54, 1.807) is 0 Å². The van der Waals surface area contributed by atoms with Crippen LogP contribution in [0, 0.1) is 17.8 Å². The Balaban J connectivity index is 1.42. The van der Waals surface area contributed by atoms with Crippen molar-refractivity contribution in [3.63, 3.8) is 0 Å². The maximum absolute atomic E-state index is 12.1. The number of nitrogens with zero attached hydrogens (tertiary/aromatic N) is 1. The zero-order valence-electron chi connectivity index (χ0n) is 12.2. The Morgan fingerprint density at radius 1 is 1.21 bits per heavy atom. The number of piperidine rings is 1. The lowest BCUT2D eigenvalue weighted by Crippen LogP contribution is -2.45. The zero-order chi connectivity index (χ0) is 13.2. The number of fused-ring (bicyclic) bond motifs is 2. The van der Waals surface area contributed by atoms with Crippen molar-refractivity contribution in [1.82, 2.24) is 10.2 Å². The summed E-state index contributed by atoms with van der Waals surface area (Å²) in [6.45, 7) is 4.79. The number of rotatable bonds is 4. The second-order valence-electron chi connectivity index (χ2n) is 6.95. The van der Waals surface area contributed by atoms with Crippen LogP contribution in [0.1, 0.15) is 51.9 Å². The van der Waals surface area contributed by atoms with Gasteiger partial charge in [-0.25, -0.2) is 0 Å². The molecule has 3 nitrogen and oxygen atoms in total. The fourth-order valence-electron chi connectivity index (χ4n) is 4.56. The molecule has 2 saturated carbocycles. The topological polar surface area (TPSA) is 32.3 Å². The summed E-state index contributed by atoms with van der Waals surface area (Å²) in [7, 11) is 0. The minimum Gasteiger partial charge on any atom is -0.342 e. The quantitative estimate of drug-likeness (QED) is 0.845. The maximum atomic E-state index is 12.1. The molecule has 19 heavy (non-hydrogen) atoms. The number of carbonyl (C=O) groups is 1. The van der Waals surface area contributed by atoms with Gasteiger partial charge >= 0.3 is 0 Å². The second-order valence-corrected chi connectivity index (χ2v) is 6.95. The molecular formula is C16H28N2O. The van der Waals surface area contributed by atoms with Gasteiger partial charge in [-0.15, -0.1) is 0 Å². The minimum atomic E-state index is 0.315. The van der Waals surface area contributed by atoms with Crippen molar-refractivity contribution in [3.8, 4) is 0 Å². The van der Waals surface area contributed by atoms with Crippen LogP contribution >= 0.6 is 0 Å². The normalized spacial score (nSPS) is 35.6. The molecule has 1 aliphatic heterocycles. The SMILES string of the molecule is CC(NCC(=O)N1CCCCC1)C1CC2CCC1C2. The third-order valence-electron chi connectivity index (χ3n) is 5.72. The van der Waals surface area contributed by atoms with E-state index in [0.717, 1.165) is 30.8 Å². The fraction of sp³-hybridized carbons (Fsp3) is 0.938. The van der Waals surface area contributed by atoms with Crippen LogP contribution in [0.2, 0.25) is 0 Å². The Kier molecular flexibility index (Phi) is 4.11. The molecule has 0 spiro atoms. The van der Waals surface area contributed by atoms with Gasteiger partial charge in [0.2, 0.25) is 5.91 Å². The summed E-state index contributed by atoms with van der Waals surface area (Å²) in [5.74, 6) is 3.08. The van der Waals surface area contributed by atoms with Gasteiger partial charge in [0.15, 0.2) is 0 Å². The lowest BCUT2D eigenvalue weighted by atomic mass is 9.84. The smallest absolute Gasteiger partial charge is 0.236 e. The number of nitrogens with one attached hydrogen (secondary N) is 1. The molecule has 3 heteroatoms. The van der Waals surface area contributed by atoms with Crippen molar-refractivity contribution in [3.05, 3.63) is 0 Å². The van der Waals surface area contributed by atoms with Gasteiger partial charge in [-0.2, -0.15) is 0 Å². The molecule has 3 fully saturated rings. The van der Waals surface area contributed by atoms with E-state index in [-0.39, 0.29) is 0 Å². The Morgan fingerprint density at radius 2 is 2.00 bits per heavy atom. The highest BCUT2D eigenvalue weighted by Gasteiger charge is 2.41. The second kappa shape index (κ2) is 5.82. The summed E-state index contributed by atoms with van der Waals surface area (Å²) in [5, 5.41) is 3.52. The average molecular weight is 264 g/mol. The van der Waals surface area contributed by atoms with Crippen LogP contribution < -0.4 is 5.32 Å². The molecule has 1 N–H and O–H groups in total. The van der Waals surface area contributed by atoms with Gasteiger partial charge < -0.3 is 10.2 Å². The fourth-order valence-corrected chi connectivity index (χ4v) is 4.56. The summed E-state index contributed by atoms with van der Waals surface area (Å²) in [6, 6.07) is 0.518. The van der Waals surface area contributed by atoms with Crippen molar-refractivity contribution < 1.29 is 4.79 Å². The predicted molar refractivity (Wildman–Crippen MR) is 76.8 cm³/mol. The van der Waals surface area contributed by atoms with Gasteiger partial charge in [0, 0.05) is 19.1 Å². The standard InChI is InChI=1S/C16H28N2O/c1-12(15-10-13-5-6-14(15)9-13)17-11-16(19)18-7-3-2-4-8-18/h12-15,17H,2-11H2,1H3. The Bertz CT molecular complexity index is 325. The Hall–Kier alpha value is -0.570. The van der Waals surface area contributed by atoms with Crippen LogP contribution in [-0.2, 0) is 4.79 Å². The van der Waals surface area contributed by atoms with E-state index in [1.807, 2.05) is 4.90 Å². The molecule has 0 aromatic heterocycles. The van der Waals surface area contributed by atoms with Crippen LogP contribution in [0.15, 0.2) is 0 Å². The van der Waals surface area contributed by atoms with Gasteiger partial charge in [-0.05, 0) is 63.2 Å². The van der Waals surface area contributed by atoms with Crippen molar-refractivity contribution in [1.29, 1.82) is 0 Å². The predicted octanol–water partition coefficient (Wildman–Crippen LogP) is 2.41. The van der Waals surface area contributed by atoms with Gasteiger partial charge in [-0.1, -0.05) is 6.42 Å². The van der Waals surface area contributed by atoms with E-state index in [4.69, 9.17) is 0 Å². The van der Waals surface area contributed by atoms with Crippen molar-refractivity contribution in [2.45, 2.75) is 57.9 Å². The first-order chi connectivity index (χ1) is 9.24. The molecule has 0 aromatic carbocycles. The van der Waals surface area contributed by atoms with Gasteiger partial charge in [0.1, 0.15) is 0 Å². The molecule has 1 heterocycles. The van der Waals surface area contributed by atoms with E-state index < -0.39 is 0 Å². The Morgan fingerprint density at radius 3 is 2.63 bits per heavy atom. The highest BCUT2D eigenvalue weighted by Crippen LogP contribution is 2.49. The summed E-state index contributed by atoms with van der Waals surface area (Å²) >= 11 is 0. The lowest BCUT2D eigenvalue weighted by Gasteiger charge is -2.31. The van der Waals surface area contributed by atoms with Crippen LogP contribution in [-0.4, -0.2) is 36.5 Å². The number of hydrogen-bond acceptors (Lipinski definition) is 2. The minimum absolute atomic E-state index is 0.315. The van der Waals surface area contributed by atoms with E-state index in [2.05, 4.69) is 12.2 Å². The first kappa shape index (κ1) is 13.4. The number of hydrogen-bond donors (Lipinski definition) is 1. The highest BCUT2D eigenvalue weighted by molar-refractivity contribution is 5.78. The number of amides is 1. The summed E-state index contributed by atoms with van der Waals surface area (Å²) in [6.07, 6.45) is 9.41. The number of likely N-dealkylation sites (tertiary alicyclic amines) is 1. The van der Waals surface area contributed by atoms with Crippen molar-refractivity contribution >= 4 is 5.91 Å². The highest BCUT2D eigenvalue weighted by atomic mass is 16.2. The summed E-state index contributed by atoms with van der Waals surface area (Å²) < 4.78 is 0. The Labute approximate surface area is 117 Å². The maximum Gasteiger partial charge on any atom is 0.236 e. The molecule has 0 aromatic rings. The zero-order valence-corrected chi connectivity index (χ0v) is 12.2. The molecular weight excluding hydrogens is 236 g/mol. The third kappa shape index (κ3) is 2.96. The van der Waals surface area contributed by atoms with E-state index in [1.165, 1.54) is 44.9 Å². The van der Waals surface area contributed by atoms with Crippen molar-refractivity contribution in [2.24, 2.45) is 17.8 Å². The molecule has 3 rings (SSSR count). The first-order valence-electron chi connectivity index (χ1n) is 8.25. The van der Waals surface area contributed by atoms with E-state index >= 15 is 0 Å². The molecule has 4 unspecified atom stereocenters. The third-order valence-corrected chi connectivity index (χ3v) is 5.72. The molecule has 108 valence electrons. The molecule has 4 atom stereocenters. The van der Waals surface area contributed by atoms with Crippen LogP contribution in [0.4, 0.5) is 0 Å². The number of carbonyl (C=O) groups excluding carboxylic acids is 1. The van der Waals surface area contributed by atoms with Crippen LogP contribution in [0.25, 0.3) is 0 Å². The van der Waals surface area contributed by atoms with Crippen LogP contribution in [0.3, 0.4) is 0 Å². The lowest BCUT2D eigenvalue weighted by molar-refractivity contribution is -0.131. The van der Waals surface area contributed by atoms with E-state index in [9.17, 15) is 4.79 Å². The van der Waals surface area contributed by atoms with Gasteiger partial charge in [0.25, 0.3) is 0 Å².